The van der Waals surface area contributed by atoms with Crippen LogP contribution in [0, 0.1) is 0 Å². The number of ether oxygens (including phenoxy) is 2. The van der Waals surface area contributed by atoms with Crippen molar-refractivity contribution in [3.63, 3.8) is 0 Å². The number of hydrogen-bond acceptors (Lipinski definition) is 5. The van der Waals surface area contributed by atoms with Crippen LogP contribution >= 0.6 is 11.3 Å². The maximum atomic E-state index is 13.0. The Morgan fingerprint density at radius 3 is 2.47 bits per heavy atom. The SMILES string of the molecule is CC1CN(C(=O)c2cc3ccc(OC4CCN(C5CCC5)CC4)cc3s2)CC(C)O1. The van der Waals surface area contributed by atoms with E-state index in [4.69, 9.17) is 9.47 Å². The highest BCUT2D eigenvalue weighted by Crippen LogP contribution is 2.32. The van der Waals surface area contributed by atoms with Gasteiger partial charge in [0, 0.05) is 36.9 Å². The quantitative estimate of drug-likeness (QED) is 0.717. The van der Waals surface area contributed by atoms with Crippen LogP contribution in [0.4, 0.5) is 0 Å². The molecule has 1 amide bonds. The molecule has 1 aromatic carbocycles. The van der Waals surface area contributed by atoms with Crippen molar-refractivity contribution in [1.29, 1.82) is 0 Å². The minimum atomic E-state index is 0.0859. The largest absolute Gasteiger partial charge is 0.490 e. The Morgan fingerprint density at radius 2 is 1.80 bits per heavy atom. The van der Waals surface area contributed by atoms with Crippen molar-refractivity contribution in [2.45, 2.75) is 70.3 Å². The third kappa shape index (κ3) is 4.23. The van der Waals surface area contributed by atoms with Gasteiger partial charge in [0.15, 0.2) is 0 Å². The fourth-order valence-corrected chi connectivity index (χ4v) is 6.05. The molecule has 0 N–H and O–H groups in total. The van der Waals surface area contributed by atoms with E-state index in [1.165, 1.54) is 19.3 Å². The zero-order chi connectivity index (χ0) is 20.7. The van der Waals surface area contributed by atoms with Crippen molar-refractivity contribution >= 4 is 27.3 Å². The molecule has 0 radical (unpaired) electrons. The van der Waals surface area contributed by atoms with Crippen molar-refractivity contribution in [1.82, 2.24) is 9.80 Å². The van der Waals surface area contributed by atoms with E-state index >= 15 is 0 Å². The maximum absolute atomic E-state index is 13.0. The number of likely N-dealkylation sites (tertiary alicyclic amines) is 1. The maximum Gasteiger partial charge on any atom is 0.264 e. The van der Waals surface area contributed by atoms with E-state index in [9.17, 15) is 4.79 Å². The van der Waals surface area contributed by atoms with Crippen molar-refractivity contribution < 1.29 is 14.3 Å². The Morgan fingerprint density at radius 1 is 1.07 bits per heavy atom. The van der Waals surface area contributed by atoms with E-state index in [0.717, 1.165) is 52.7 Å². The minimum Gasteiger partial charge on any atom is -0.490 e. The molecule has 3 aliphatic rings. The molecule has 2 saturated heterocycles. The highest BCUT2D eigenvalue weighted by molar-refractivity contribution is 7.20. The lowest BCUT2D eigenvalue weighted by Gasteiger charge is -2.41. The average molecular weight is 429 g/mol. The van der Waals surface area contributed by atoms with Crippen molar-refractivity contribution in [3.8, 4) is 5.75 Å². The van der Waals surface area contributed by atoms with E-state index in [1.807, 2.05) is 24.8 Å². The Balaban J connectivity index is 1.23. The second kappa shape index (κ2) is 8.48. The molecule has 2 aromatic rings. The summed E-state index contributed by atoms with van der Waals surface area (Å²) in [5, 5.41) is 1.12. The number of piperidine rings is 1. The summed E-state index contributed by atoms with van der Waals surface area (Å²) >= 11 is 1.57. The normalized spacial score (nSPS) is 26.7. The van der Waals surface area contributed by atoms with Gasteiger partial charge in [-0.1, -0.05) is 6.42 Å². The van der Waals surface area contributed by atoms with Crippen LogP contribution in [0.15, 0.2) is 24.3 Å². The van der Waals surface area contributed by atoms with Gasteiger partial charge < -0.3 is 19.3 Å². The first-order valence-electron chi connectivity index (χ1n) is 11.4. The van der Waals surface area contributed by atoms with Crippen molar-refractivity contribution in [2.24, 2.45) is 0 Å². The first kappa shape index (κ1) is 20.3. The van der Waals surface area contributed by atoms with Gasteiger partial charge in [0.05, 0.1) is 17.1 Å². The minimum absolute atomic E-state index is 0.0859. The van der Waals surface area contributed by atoms with Crippen molar-refractivity contribution in [2.75, 3.05) is 26.2 Å². The van der Waals surface area contributed by atoms with Crippen LogP contribution in [0.2, 0.25) is 0 Å². The van der Waals surface area contributed by atoms with Gasteiger partial charge in [0.25, 0.3) is 5.91 Å². The number of carbonyl (C=O) groups is 1. The van der Waals surface area contributed by atoms with Crippen molar-refractivity contribution in [3.05, 3.63) is 29.1 Å². The Bertz CT molecular complexity index is 891. The predicted molar refractivity (Wildman–Crippen MR) is 121 cm³/mol. The molecule has 2 atom stereocenters. The van der Waals surface area contributed by atoms with E-state index < -0.39 is 0 Å². The molecule has 1 aromatic heterocycles. The van der Waals surface area contributed by atoms with E-state index in [0.29, 0.717) is 19.2 Å². The summed E-state index contributed by atoms with van der Waals surface area (Å²) in [6.07, 6.45) is 6.84. The average Bonchev–Trinajstić information content (AvgIpc) is 3.10. The molecule has 2 aliphatic heterocycles. The van der Waals surface area contributed by atoms with E-state index in [1.54, 1.807) is 11.3 Å². The molecule has 1 saturated carbocycles. The van der Waals surface area contributed by atoms with Crippen LogP contribution in [0.3, 0.4) is 0 Å². The number of hydrogen-bond donors (Lipinski definition) is 0. The Hall–Kier alpha value is -1.63. The van der Waals surface area contributed by atoms with Crippen LogP contribution in [-0.4, -0.2) is 66.2 Å². The topological polar surface area (TPSA) is 42.0 Å². The third-order valence-corrected chi connectivity index (χ3v) is 7.87. The molecule has 30 heavy (non-hydrogen) atoms. The summed E-state index contributed by atoms with van der Waals surface area (Å²) in [5.74, 6) is 1.04. The van der Waals surface area contributed by atoms with Crippen LogP contribution in [0.1, 0.15) is 55.6 Å². The first-order chi connectivity index (χ1) is 14.5. The summed E-state index contributed by atoms with van der Waals surface area (Å²) in [6.45, 7) is 7.69. The number of carbonyl (C=O) groups excluding carboxylic acids is 1. The lowest BCUT2D eigenvalue weighted by Crippen LogP contribution is -2.48. The standard InChI is InChI=1S/C24H32N2O3S/c1-16-14-26(15-17(2)28-16)24(27)23-12-18-6-7-21(13-22(18)30-23)29-20-8-10-25(11-9-20)19-4-3-5-19/h6-7,12-13,16-17,19-20H,3-5,8-11,14-15H2,1-2H3. The van der Waals surface area contributed by atoms with Crippen LogP contribution in [-0.2, 0) is 4.74 Å². The van der Waals surface area contributed by atoms with Gasteiger partial charge in [0.1, 0.15) is 11.9 Å². The van der Waals surface area contributed by atoms with Gasteiger partial charge >= 0.3 is 0 Å². The summed E-state index contributed by atoms with van der Waals surface area (Å²) in [5.41, 5.74) is 0. The van der Waals surface area contributed by atoms with Gasteiger partial charge in [-0.2, -0.15) is 0 Å². The highest BCUT2D eigenvalue weighted by atomic mass is 32.1. The molecular formula is C24H32N2O3S. The van der Waals surface area contributed by atoms with Gasteiger partial charge in [-0.3, -0.25) is 4.79 Å². The number of rotatable bonds is 4. The van der Waals surface area contributed by atoms with Crippen LogP contribution < -0.4 is 4.74 Å². The molecule has 5 rings (SSSR count). The molecule has 6 heteroatoms. The fourth-order valence-electron chi connectivity index (χ4n) is 4.99. The summed E-state index contributed by atoms with van der Waals surface area (Å²) in [4.78, 5) is 18.4. The van der Waals surface area contributed by atoms with Gasteiger partial charge in [-0.05, 0) is 69.2 Å². The summed E-state index contributed by atoms with van der Waals surface area (Å²) < 4.78 is 13.2. The molecule has 3 heterocycles. The number of amides is 1. The van der Waals surface area contributed by atoms with E-state index in [-0.39, 0.29) is 18.1 Å². The number of thiophene rings is 1. The van der Waals surface area contributed by atoms with Gasteiger partial charge in [-0.15, -0.1) is 11.3 Å². The molecule has 0 bridgehead atoms. The smallest absolute Gasteiger partial charge is 0.264 e. The second-order valence-corrected chi connectivity index (χ2v) is 10.3. The molecular weight excluding hydrogens is 396 g/mol. The monoisotopic (exact) mass is 428 g/mol. The van der Waals surface area contributed by atoms with Gasteiger partial charge in [-0.25, -0.2) is 0 Å². The van der Waals surface area contributed by atoms with Crippen LogP contribution in [0.25, 0.3) is 10.1 Å². The number of nitrogens with zero attached hydrogens (tertiary/aromatic N) is 2. The Labute approximate surface area is 182 Å². The molecule has 5 nitrogen and oxygen atoms in total. The zero-order valence-electron chi connectivity index (χ0n) is 18.0. The summed E-state index contributed by atoms with van der Waals surface area (Å²) in [6, 6.07) is 9.11. The fraction of sp³-hybridized carbons (Fsp3) is 0.625. The molecule has 1 aliphatic carbocycles. The van der Waals surface area contributed by atoms with E-state index in [2.05, 4.69) is 23.1 Å². The molecule has 3 fully saturated rings. The van der Waals surface area contributed by atoms with Gasteiger partial charge in [0.2, 0.25) is 0 Å². The molecule has 0 spiro atoms. The first-order valence-corrected chi connectivity index (χ1v) is 12.3. The van der Waals surface area contributed by atoms with Crippen LogP contribution in [0.5, 0.6) is 5.75 Å². The highest BCUT2D eigenvalue weighted by Gasteiger charge is 2.30. The summed E-state index contributed by atoms with van der Waals surface area (Å²) in [7, 11) is 0. The number of morpholine rings is 1. The predicted octanol–water partition coefficient (Wildman–Crippen LogP) is 4.55. The third-order valence-electron chi connectivity index (χ3n) is 6.78. The number of fused-ring (bicyclic) bond motifs is 1. The molecule has 2 unspecified atom stereocenters. The lowest BCUT2D eigenvalue weighted by atomic mass is 9.90. The Kier molecular flexibility index (Phi) is 5.73. The second-order valence-electron chi connectivity index (χ2n) is 9.22. The lowest BCUT2D eigenvalue weighted by molar-refractivity contribution is -0.0585. The number of benzene rings is 1. The zero-order valence-corrected chi connectivity index (χ0v) is 18.8. The molecule has 162 valence electrons.